The summed E-state index contributed by atoms with van der Waals surface area (Å²) in [7, 11) is -0.778. The first kappa shape index (κ1) is 23.5. The van der Waals surface area contributed by atoms with Crippen molar-refractivity contribution in [1.82, 2.24) is 9.73 Å². The molecule has 1 fully saturated rings. The van der Waals surface area contributed by atoms with E-state index in [4.69, 9.17) is 21.1 Å². The summed E-state index contributed by atoms with van der Waals surface area (Å²) in [6.45, 7) is 0.256. The van der Waals surface area contributed by atoms with Crippen molar-refractivity contribution in [3.8, 4) is 11.5 Å². The van der Waals surface area contributed by atoms with Crippen LogP contribution in [0, 0.1) is 0 Å². The number of ether oxygens (including phenoxy) is 2. The van der Waals surface area contributed by atoms with Crippen molar-refractivity contribution in [1.29, 1.82) is 0 Å². The molecule has 1 atom stereocenters. The number of hydrogen-bond acceptors (Lipinski definition) is 6. The standard InChI is InChI=1S/C20H21BrClN3O5S/c1-29-18-11-19(30-2)16(21)10-13(18)12-23-24-20(26)17-4-3-9-25(17)31(27,28)15-7-5-14(22)6-8-15/h5-8,10-12,17H,3-4,9H2,1-2H3,(H,24,26)/b23-12-/t17-/m1/s1. The van der Waals surface area contributed by atoms with Gasteiger partial charge in [0.2, 0.25) is 10.0 Å². The molecule has 1 N–H and O–H groups in total. The zero-order valence-corrected chi connectivity index (χ0v) is 20.0. The zero-order valence-electron chi connectivity index (χ0n) is 16.8. The second-order valence-electron chi connectivity index (χ2n) is 6.69. The van der Waals surface area contributed by atoms with Crippen LogP contribution in [0.3, 0.4) is 0 Å². The Hall–Kier alpha value is -2.14. The summed E-state index contributed by atoms with van der Waals surface area (Å²) in [6.07, 6.45) is 2.41. The van der Waals surface area contributed by atoms with Crippen LogP contribution >= 0.6 is 27.5 Å². The maximum absolute atomic E-state index is 13.0. The molecule has 0 aromatic heterocycles. The van der Waals surface area contributed by atoms with E-state index in [1.54, 1.807) is 19.2 Å². The van der Waals surface area contributed by atoms with E-state index in [0.717, 1.165) is 0 Å². The first-order chi connectivity index (χ1) is 14.8. The third-order valence-corrected chi connectivity index (χ3v) is 7.60. The summed E-state index contributed by atoms with van der Waals surface area (Å²) in [5.74, 6) is 0.593. The second kappa shape index (κ2) is 9.99. The number of carbonyl (C=O) groups excluding carboxylic acids is 1. The molecule has 2 aromatic carbocycles. The molecule has 166 valence electrons. The predicted molar refractivity (Wildman–Crippen MR) is 121 cm³/mol. The number of hydrazone groups is 1. The van der Waals surface area contributed by atoms with E-state index in [1.807, 2.05) is 0 Å². The van der Waals surface area contributed by atoms with Crippen LogP contribution in [0.25, 0.3) is 0 Å². The normalized spacial score (nSPS) is 17.1. The Morgan fingerprint density at radius 3 is 2.55 bits per heavy atom. The zero-order chi connectivity index (χ0) is 22.6. The van der Waals surface area contributed by atoms with Crippen LogP contribution in [0.4, 0.5) is 0 Å². The summed E-state index contributed by atoms with van der Waals surface area (Å²) >= 11 is 9.24. The summed E-state index contributed by atoms with van der Waals surface area (Å²) < 4.78 is 38.4. The van der Waals surface area contributed by atoms with Gasteiger partial charge < -0.3 is 9.47 Å². The monoisotopic (exact) mass is 529 g/mol. The van der Waals surface area contributed by atoms with Gasteiger partial charge in [0.25, 0.3) is 5.91 Å². The van der Waals surface area contributed by atoms with Gasteiger partial charge in [0.15, 0.2) is 0 Å². The largest absolute Gasteiger partial charge is 0.496 e. The number of sulfonamides is 1. The third kappa shape index (κ3) is 5.20. The Labute approximate surface area is 194 Å². The molecule has 8 nitrogen and oxygen atoms in total. The first-order valence-electron chi connectivity index (χ1n) is 9.29. The van der Waals surface area contributed by atoms with Gasteiger partial charge in [-0.1, -0.05) is 11.6 Å². The molecule has 0 aliphatic carbocycles. The molecule has 1 aliphatic heterocycles. The fraction of sp³-hybridized carbons (Fsp3) is 0.300. The van der Waals surface area contributed by atoms with Crippen LogP contribution < -0.4 is 14.9 Å². The Bertz CT molecular complexity index is 1090. The van der Waals surface area contributed by atoms with Crippen LogP contribution in [0.1, 0.15) is 18.4 Å². The van der Waals surface area contributed by atoms with Crippen molar-refractivity contribution in [2.45, 2.75) is 23.8 Å². The Balaban J connectivity index is 1.74. The predicted octanol–water partition coefficient (Wildman–Crippen LogP) is 3.42. The van der Waals surface area contributed by atoms with Crippen LogP contribution in [-0.2, 0) is 14.8 Å². The molecule has 31 heavy (non-hydrogen) atoms. The number of nitrogens with one attached hydrogen (secondary N) is 1. The highest BCUT2D eigenvalue weighted by Gasteiger charge is 2.39. The quantitative estimate of drug-likeness (QED) is 0.437. The summed E-state index contributed by atoms with van der Waals surface area (Å²) in [4.78, 5) is 12.8. The lowest BCUT2D eigenvalue weighted by atomic mass is 10.2. The molecular weight excluding hydrogens is 510 g/mol. The van der Waals surface area contributed by atoms with Crippen molar-refractivity contribution < 1.29 is 22.7 Å². The SMILES string of the molecule is COc1cc(OC)c(/C=N\NC(=O)[C@H]2CCCN2S(=O)(=O)c2ccc(Cl)cc2)cc1Br. The van der Waals surface area contributed by atoms with E-state index in [0.29, 0.717) is 39.4 Å². The van der Waals surface area contributed by atoms with Gasteiger partial charge in [-0.2, -0.15) is 9.41 Å². The lowest BCUT2D eigenvalue weighted by molar-refractivity contribution is -0.124. The number of benzene rings is 2. The van der Waals surface area contributed by atoms with Gasteiger partial charge in [-0.05, 0) is 59.1 Å². The van der Waals surface area contributed by atoms with Crippen LogP contribution in [0.2, 0.25) is 5.02 Å². The smallest absolute Gasteiger partial charge is 0.258 e. The highest BCUT2D eigenvalue weighted by atomic mass is 79.9. The number of hydrogen-bond donors (Lipinski definition) is 1. The number of halogens is 2. The van der Waals surface area contributed by atoms with Crippen LogP contribution in [0.15, 0.2) is 50.9 Å². The maximum atomic E-state index is 13.0. The van der Waals surface area contributed by atoms with E-state index in [2.05, 4.69) is 26.5 Å². The van der Waals surface area contributed by atoms with Gasteiger partial charge in [-0.15, -0.1) is 0 Å². The lowest BCUT2D eigenvalue weighted by Crippen LogP contribution is -2.44. The molecule has 3 rings (SSSR count). The topological polar surface area (TPSA) is 97.3 Å². The Morgan fingerprint density at radius 1 is 1.23 bits per heavy atom. The van der Waals surface area contributed by atoms with Crippen molar-refractivity contribution in [3.63, 3.8) is 0 Å². The molecule has 0 bridgehead atoms. The molecule has 1 heterocycles. The highest BCUT2D eigenvalue weighted by Crippen LogP contribution is 2.32. The average molecular weight is 531 g/mol. The minimum atomic E-state index is -3.83. The molecule has 1 aliphatic rings. The molecule has 11 heteroatoms. The minimum absolute atomic E-state index is 0.0907. The average Bonchev–Trinajstić information content (AvgIpc) is 3.25. The molecule has 2 aromatic rings. The fourth-order valence-corrected chi connectivity index (χ4v) is 5.56. The van der Waals surface area contributed by atoms with Crippen LogP contribution in [-0.4, -0.2) is 51.7 Å². The lowest BCUT2D eigenvalue weighted by Gasteiger charge is -2.22. The molecule has 0 spiro atoms. The van der Waals surface area contributed by atoms with Gasteiger partial charge in [0, 0.05) is 23.2 Å². The van der Waals surface area contributed by atoms with Crippen LogP contribution in [0.5, 0.6) is 11.5 Å². The van der Waals surface area contributed by atoms with Gasteiger partial charge in [-0.3, -0.25) is 4.79 Å². The summed E-state index contributed by atoms with van der Waals surface area (Å²) in [6, 6.07) is 8.44. The van der Waals surface area contributed by atoms with Gasteiger partial charge in [-0.25, -0.2) is 13.8 Å². The Morgan fingerprint density at radius 2 is 1.90 bits per heavy atom. The number of nitrogens with zero attached hydrogens (tertiary/aromatic N) is 2. The van der Waals surface area contributed by atoms with E-state index >= 15 is 0 Å². The number of methoxy groups -OCH3 is 2. The van der Waals surface area contributed by atoms with Gasteiger partial charge in [0.05, 0.1) is 29.8 Å². The number of amides is 1. The number of carbonyl (C=O) groups is 1. The number of rotatable bonds is 7. The van der Waals surface area contributed by atoms with E-state index in [9.17, 15) is 13.2 Å². The van der Waals surface area contributed by atoms with E-state index < -0.39 is 22.0 Å². The molecule has 0 radical (unpaired) electrons. The minimum Gasteiger partial charge on any atom is -0.496 e. The molecule has 0 saturated carbocycles. The highest BCUT2D eigenvalue weighted by molar-refractivity contribution is 9.10. The molecule has 1 saturated heterocycles. The molecule has 1 amide bonds. The molecular formula is C20H21BrClN3O5S. The fourth-order valence-electron chi connectivity index (χ4n) is 3.26. The first-order valence-corrected chi connectivity index (χ1v) is 11.9. The third-order valence-electron chi connectivity index (χ3n) is 4.81. The van der Waals surface area contributed by atoms with E-state index in [-0.39, 0.29) is 11.4 Å². The Kier molecular flexibility index (Phi) is 7.58. The second-order valence-corrected chi connectivity index (χ2v) is 9.87. The summed E-state index contributed by atoms with van der Waals surface area (Å²) in [5.41, 5.74) is 3.04. The van der Waals surface area contributed by atoms with Gasteiger partial charge >= 0.3 is 0 Å². The van der Waals surface area contributed by atoms with Crippen molar-refractivity contribution in [3.05, 3.63) is 51.5 Å². The van der Waals surface area contributed by atoms with Crippen molar-refractivity contribution >= 4 is 49.7 Å². The summed E-state index contributed by atoms with van der Waals surface area (Å²) in [5, 5.41) is 4.42. The van der Waals surface area contributed by atoms with Gasteiger partial charge in [0.1, 0.15) is 17.5 Å². The maximum Gasteiger partial charge on any atom is 0.258 e. The molecule has 0 unspecified atom stereocenters. The van der Waals surface area contributed by atoms with Crippen molar-refractivity contribution in [2.24, 2.45) is 5.10 Å². The van der Waals surface area contributed by atoms with E-state index in [1.165, 1.54) is 41.9 Å². The van der Waals surface area contributed by atoms with Crippen molar-refractivity contribution in [2.75, 3.05) is 20.8 Å².